The minimum atomic E-state index is -0.408. The number of carbonyl (C=O) groups excluding carboxylic acids is 2. The van der Waals surface area contributed by atoms with Crippen molar-refractivity contribution in [2.24, 2.45) is 0 Å². The Kier molecular flexibility index (Phi) is 5.77. The van der Waals surface area contributed by atoms with E-state index >= 15 is 0 Å². The zero-order valence-electron chi connectivity index (χ0n) is 13.0. The monoisotopic (exact) mass is 331 g/mol. The minimum absolute atomic E-state index is 0.134. The first-order valence-electron chi connectivity index (χ1n) is 7.26. The van der Waals surface area contributed by atoms with Gasteiger partial charge in [0.15, 0.2) is 0 Å². The van der Waals surface area contributed by atoms with Crippen LogP contribution in [0.1, 0.15) is 31.1 Å². The topological polar surface area (TPSA) is 55.4 Å². The van der Waals surface area contributed by atoms with Gasteiger partial charge in [0.25, 0.3) is 0 Å². The Morgan fingerprint density at radius 2 is 1.78 bits per heavy atom. The smallest absolute Gasteiger partial charge is 0.310 e. The Labute approximate surface area is 140 Å². The summed E-state index contributed by atoms with van der Waals surface area (Å²) in [6, 6.07) is 14.4. The van der Waals surface area contributed by atoms with Gasteiger partial charge in [0, 0.05) is 23.2 Å². The fourth-order valence-electron chi connectivity index (χ4n) is 2.18. The molecule has 0 saturated carbocycles. The Morgan fingerprint density at radius 3 is 2.39 bits per heavy atom. The highest BCUT2D eigenvalue weighted by molar-refractivity contribution is 6.31. The van der Waals surface area contributed by atoms with Crippen LogP contribution in [0.3, 0.4) is 0 Å². The van der Waals surface area contributed by atoms with Crippen LogP contribution in [-0.4, -0.2) is 11.9 Å². The average Bonchev–Trinajstić information content (AvgIpc) is 2.49. The highest BCUT2D eigenvalue weighted by atomic mass is 35.5. The van der Waals surface area contributed by atoms with Gasteiger partial charge in [-0.1, -0.05) is 41.9 Å². The summed E-state index contributed by atoms with van der Waals surface area (Å²) in [6.07, 6.45) is -0.246. The van der Waals surface area contributed by atoms with Crippen LogP contribution in [0.15, 0.2) is 48.5 Å². The third-order valence-electron chi connectivity index (χ3n) is 3.27. The number of esters is 1. The highest BCUT2D eigenvalue weighted by Gasteiger charge is 2.14. The molecule has 0 saturated heterocycles. The molecule has 1 atom stereocenters. The van der Waals surface area contributed by atoms with Crippen molar-refractivity contribution in [2.75, 3.05) is 5.32 Å². The van der Waals surface area contributed by atoms with E-state index in [-0.39, 0.29) is 18.3 Å². The molecule has 2 aromatic carbocycles. The van der Waals surface area contributed by atoms with Gasteiger partial charge >= 0.3 is 5.97 Å². The van der Waals surface area contributed by atoms with Crippen molar-refractivity contribution in [3.8, 4) is 0 Å². The Morgan fingerprint density at radius 1 is 1.13 bits per heavy atom. The number of rotatable bonds is 5. The maximum atomic E-state index is 12.0. The Hall–Kier alpha value is -2.33. The Balaban J connectivity index is 1.94. The molecule has 0 heterocycles. The second-order valence-electron chi connectivity index (χ2n) is 5.21. The summed E-state index contributed by atoms with van der Waals surface area (Å²) in [7, 11) is 0. The lowest BCUT2D eigenvalue weighted by atomic mass is 10.1. The van der Waals surface area contributed by atoms with Gasteiger partial charge in [-0.25, -0.2) is 0 Å². The number of hydrogen-bond donors (Lipinski definition) is 1. The molecule has 23 heavy (non-hydrogen) atoms. The van der Waals surface area contributed by atoms with Crippen LogP contribution in [-0.2, 0) is 20.7 Å². The number of ether oxygens (including phenoxy) is 1. The van der Waals surface area contributed by atoms with Gasteiger partial charge in [-0.15, -0.1) is 0 Å². The van der Waals surface area contributed by atoms with Crippen LogP contribution in [0.4, 0.5) is 5.69 Å². The fraction of sp³-hybridized carbons (Fsp3) is 0.222. The maximum Gasteiger partial charge on any atom is 0.310 e. The summed E-state index contributed by atoms with van der Waals surface area (Å²) in [5.41, 5.74) is 2.29. The number of carbonyl (C=O) groups is 2. The number of amides is 1. The van der Waals surface area contributed by atoms with Crippen molar-refractivity contribution < 1.29 is 14.3 Å². The molecule has 1 amide bonds. The molecule has 2 aromatic rings. The van der Waals surface area contributed by atoms with Crippen LogP contribution in [0.2, 0.25) is 5.02 Å². The van der Waals surface area contributed by atoms with E-state index in [1.54, 1.807) is 37.3 Å². The molecule has 0 radical (unpaired) electrons. The standard InChI is InChI=1S/C18H18ClNO3/c1-12(16-5-3-4-6-17(16)19)23-18(22)11-14-7-9-15(10-8-14)20-13(2)21/h3-10,12H,11H2,1-2H3,(H,20,21). The van der Waals surface area contributed by atoms with Crippen molar-refractivity contribution in [2.45, 2.75) is 26.4 Å². The molecule has 4 nitrogen and oxygen atoms in total. The van der Waals surface area contributed by atoms with Gasteiger partial charge in [0.1, 0.15) is 6.10 Å². The van der Waals surface area contributed by atoms with E-state index in [1.807, 2.05) is 18.2 Å². The van der Waals surface area contributed by atoms with Crippen LogP contribution < -0.4 is 5.32 Å². The van der Waals surface area contributed by atoms with Crippen molar-refractivity contribution in [1.29, 1.82) is 0 Å². The largest absolute Gasteiger partial charge is 0.457 e. The summed E-state index contributed by atoms with van der Waals surface area (Å²) in [5.74, 6) is -0.463. The summed E-state index contributed by atoms with van der Waals surface area (Å²) < 4.78 is 5.42. The highest BCUT2D eigenvalue weighted by Crippen LogP contribution is 2.25. The van der Waals surface area contributed by atoms with E-state index in [1.165, 1.54) is 6.92 Å². The first-order chi connectivity index (χ1) is 11.0. The van der Waals surface area contributed by atoms with Crippen molar-refractivity contribution >= 4 is 29.2 Å². The second-order valence-corrected chi connectivity index (χ2v) is 5.62. The molecule has 0 fully saturated rings. The molecule has 0 aliphatic carbocycles. The SMILES string of the molecule is CC(=O)Nc1ccc(CC(=O)OC(C)c2ccccc2Cl)cc1. The van der Waals surface area contributed by atoms with Crippen LogP contribution in [0, 0.1) is 0 Å². The van der Waals surface area contributed by atoms with Gasteiger partial charge in [-0.05, 0) is 30.7 Å². The number of hydrogen-bond acceptors (Lipinski definition) is 3. The predicted octanol–water partition coefficient (Wildman–Crippen LogP) is 4.15. The van der Waals surface area contributed by atoms with E-state index in [9.17, 15) is 9.59 Å². The number of nitrogens with one attached hydrogen (secondary N) is 1. The van der Waals surface area contributed by atoms with Crippen LogP contribution in [0.5, 0.6) is 0 Å². The number of anilines is 1. The lowest BCUT2D eigenvalue weighted by molar-refractivity contribution is -0.147. The van der Waals surface area contributed by atoms with E-state index < -0.39 is 6.10 Å². The molecule has 0 aromatic heterocycles. The van der Waals surface area contributed by atoms with Crippen LogP contribution >= 0.6 is 11.6 Å². The third kappa shape index (κ3) is 5.11. The predicted molar refractivity (Wildman–Crippen MR) is 90.4 cm³/mol. The van der Waals surface area contributed by atoms with Gasteiger partial charge in [-0.3, -0.25) is 9.59 Å². The number of benzene rings is 2. The lowest BCUT2D eigenvalue weighted by Gasteiger charge is -2.15. The first kappa shape index (κ1) is 17.0. The summed E-state index contributed by atoms with van der Waals surface area (Å²) in [6.45, 7) is 3.24. The summed E-state index contributed by atoms with van der Waals surface area (Å²) in [4.78, 5) is 23.0. The van der Waals surface area contributed by atoms with Crippen LogP contribution in [0.25, 0.3) is 0 Å². The molecule has 0 spiro atoms. The van der Waals surface area contributed by atoms with Crippen molar-refractivity contribution in [3.05, 3.63) is 64.7 Å². The van der Waals surface area contributed by atoms with E-state index in [4.69, 9.17) is 16.3 Å². The molecule has 0 bridgehead atoms. The molecule has 5 heteroatoms. The lowest BCUT2D eigenvalue weighted by Crippen LogP contribution is -2.12. The molecule has 0 aliphatic rings. The second kappa shape index (κ2) is 7.79. The molecule has 0 aliphatic heterocycles. The molecule has 120 valence electrons. The van der Waals surface area contributed by atoms with Crippen molar-refractivity contribution in [3.63, 3.8) is 0 Å². The van der Waals surface area contributed by atoms with Gasteiger partial charge in [0.05, 0.1) is 6.42 Å². The van der Waals surface area contributed by atoms with E-state index in [2.05, 4.69) is 5.32 Å². The zero-order chi connectivity index (χ0) is 16.8. The van der Waals surface area contributed by atoms with E-state index in [0.717, 1.165) is 11.1 Å². The molecule has 2 rings (SSSR count). The van der Waals surface area contributed by atoms with Gasteiger partial charge < -0.3 is 10.1 Å². The zero-order valence-corrected chi connectivity index (χ0v) is 13.8. The maximum absolute atomic E-state index is 12.0. The average molecular weight is 332 g/mol. The molecular weight excluding hydrogens is 314 g/mol. The molecule has 1 N–H and O–H groups in total. The fourth-order valence-corrected chi connectivity index (χ4v) is 2.47. The summed E-state index contributed by atoms with van der Waals surface area (Å²) in [5, 5.41) is 3.25. The summed E-state index contributed by atoms with van der Waals surface area (Å²) >= 11 is 6.10. The van der Waals surface area contributed by atoms with E-state index in [0.29, 0.717) is 10.7 Å². The first-order valence-corrected chi connectivity index (χ1v) is 7.64. The quantitative estimate of drug-likeness (QED) is 0.837. The van der Waals surface area contributed by atoms with Crippen molar-refractivity contribution in [1.82, 2.24) is 0 Å². The third-order valence-corrected chi connectivity index (χ3v) is 3.62. The number of halogens is 1. The molecule has 1 unspecified atom stereocenters. The van der Waals surface area contributed by atoms with Gasteiger partial charge in [-0.2, -0.15) is 0 Å². The Bertz CT molecular complexity index is 698. The normalized spacial score (nSPS) is 11.6. The molecular formula is C18H18ClNO3. The van der Waals surface area contributed by atoms with Gasteiger partial charge in [0.2, 0.25) is 5.91 Å². The minimum Gasteiger partial charge on any atom is -0.457 e.